The van der Waals surface area contributed by atoms with E-state index in [0.717, 1.165) is 29.7 Å². The van der Waals surface area contributed by atoms with Gasteiger partial charge < -0.3 is 14.6 Å². The topological polar surface area (TPSA) is 88.3 Å². The fourth-order valence-corrected chi connectivity index (χ4v) is 3.69. The third kappa shape index (κ3) is 5.36. The van der Waals surface area contributed by atoms with E-state index in [1.54, 1.807) is 0 Å². The molecule has 3 aromatic rings. The molecule has 1 atom stereocenters. The molecule has 1 fully saturated rings. The molecule has 0 bridgehead atoms. The lowest BCUT2D eigenvalue weighted by Gasteiger charge is -2.25. The van der Waals surface area contributed by atoms with Crippen LogP contribution in [0.25, 0.3) is 11.5 Å². The minimum absolute atomic E-state index is 0.115. The number of aromatic nitrogens is 2. The maximum atomic E-state index is 12.7. The van der Waals surface area contributed by atoms with Crippen molar-refractivity contribution >= 4 is 11.8 Å². The first-order valence-electron chi connectivity index (χ1n) is 10.6. The molecule has 0 saturated carbocycles. The van der Waals surface area contributed by atoms with Gasteiger partial charge in [-0.05, 0) is 31.0 Å². The van der Waals surface area contributed by atoms with Crippen LogP contribution in [0, 0.1) is 6.92 Å². The van der Waals surface area contributed by atoms with Crippen molar-refractivity contribution in [2.45, 2.75) is 38.6 Å². The highest BCUT2D eigenvalue weighted by molar-refractivity contribution is 5.79. The summed E-state index contributed by atoms with van der Waals surface area (Å²) in [4.78, 5) is 26.5. The molecular weight excluding hydrogens is 392 g/mol. The summed E-state index contributed by atoms with van der Waals surface area (Å²) in [6, 6.07) is 17.3. The van der Waals surface area contributed by atoms with E-state index >= 15 is 0 Å². The second-order valence-corrected chi connectivity index (χ2v) is 7.84. The minimum atomic E-state index is -0.249. The van der Waals surface area contributed by atoms with Crippen LogP contribution in [-0.2, 0) is 16.0 Å². The van der Waals surface area contributed by atoms with Gasteiger partial charge in [0.05, 0.1) is 6.04 Å². The fourth-order valence-electron chi connectivity index (χ4n) is 3.69. The Labute approximate surface area is 181 Å². The second-order valence-electron chi connectivity index (χ2n) is 7.84. The Bertz CT molecular complexity index is 1030. The predicted octanol–water partition coefficient (Wildman–Crippen LogP) is 3.46. The number of nitrogens with zero attached hydrogens (tertiary/aromatic N) is 3. The minimum Gasteiger partial charge on any atom is -0.421 e. The molecule has 1 N–H and O–H groups in total. The summed E-state index contributed by atoms with van der Waals surface area (Å²) >= 11 is 0. The molecule has 7 heteroatoms. The molecule has 1 aromatic heterocycles. The molecule has 0 spiro atoms. The molecule has 2 aromatic carbocycles. The third-order valence-corrected chi connectivity index (χ3v) is 5.44. The molecule has 160 valence electrons. The van der Waals surface area contributed by atoms with Crippen LogP contribution in [0.15, 0.2) is 59.0 Å². The van der Waals surface area contributed by atoms with Gasteiger partial charge in [0.25, 0.3) is 0 Å². The smallest absolute Gasteiger partial charge is 0.247 e. The number of carbonyl (C=O) groups is 2. The van der Waals surface area contributed by atoms with Crippen molar-refractivity contribution in [1.82, 2.24) is 20.4 Å². The van der Waals surface area contributed by atoms with Gasteiger partial charge in [-0.15, -0.1) is 10.2 Å². The maximum absolute atomic E-state index is 12.7. The predicted molar refractivity (Wildman–Crippen MR) is 116 cm³/mol. The van der Waals surface area contributed by atoms with Gasteiger partial charge in [-0.2, -0.15) is 0 Å². The Hall–Kier alpha value is -3.48. The number of rotatable bonds is 8. The molecule has 0 radical (unpaired) electrons. The number of likely N-dealkylation sites (tertiary alicyclic amines) is 1. The molecule has 2 heterocycles. The van der Waals surface area contributed by atoms with Crippen molar-refractivity contribution in [3.8, 4) is 11.5 Å². The number of aryl methyl sites for hydroxylation is 2. The summed E-state index contributed by atoms with van der Waals surface area (Å²) < 4.78 is 5.72. The molecular formula is C24H26N4O3. The lowest BCUT2D eigenvalue weighted by atomic mass is 10.1. The molecule has 31 heavy (non-hydrogen) atoms. The van der Waals surface area contributed by atoms with E-state index in [2.05, 4.69) is 15.5 Å². The van der Waals surface area contributed by atoms with Crippen molar-refractivity contribution in [2.24, 2.45) is 0 Å². The van der Waals surface area contributed by atoms with Crippen molar-refractivity contribution in [2.75, 3.05) is 13.1 Å². The number of hydrogen-bond donors (Lipinski definition) is 1. The number of hydrogen-bond acceptors (Lipinski definition) is 5. The van der Waals surface area contributed by atoms with Crippen LogP contribution in [0.2, 0.25) is 0 Å². The van der Waals surface area contributed by atoms with Gasteiger partial charge in [0.1, 0.15) is 0 Å². The Kier molecular flexibility index (Phi) is 6.40. The molecule has 1 saturated heterocycles. The van der Waals surface area contributed by atoms with Gasteiger partial charge in [-0.25, -0.2) is 0 Å². The highest BCUT2D eigenvalue weighted by Gasteiger charge is 2.25. The van der Waals surface area contributed by atoms with E-state index in [-0.39, 0.29) is 24.3 Å². The van der Waals surface area contributed by atoms with E-state index in [1.165, 1.54) is 0 Å². The summed E-state index contributed by atoms with van der Waals surface area (Å²) in [7, 11) is 0. The van der Waals surface area contributed by atoms with Crippen LogP contribution >= 0.6 is 0 Å². The summed E-state index contributed by atoms with van der Waals surface area (Å²) in [5.41, 5.74) is 2.99. The highest BCUT2D eigenvalue weighted by atomic mass is 16.4. The third-order valence-electron chi connectivity index (χ3n) is 5.44. The molecule has 1 aliphatic heterocycles. The van der Waals surface area contributed by atoms with E-state index in [9.17, 15) is 9.59 Å². The van der Waals surface area contributed by atoms with Crippen LogP contribution in [0.3, 0.4) is 0 Å². The molecule has 2 amide bonds. The van der Waals surface area contributed by atoms with E-state index in [0.29, 0.717) is 31.2 Å². The van der Waals surface area contributed by atoms with E-state index in [1.807, 2.05) is 66.4 Å². The van der Waals surface area contributed by atoms with E-state index in [4.69, 9.17) is 4.42 Å². The first kappa shape index (κ1) is 20.8. The van der Waals surface area contributed by atoms with Crippen molar-refractivity contribution < 1.29 is 14.0 Å². The average Bonchev–Trinajstić information content (AvgIpc) is 3.42. The lowest BCUT2D eigenvalue weighted by molar-refractivity contribution is -0.129. The molecule has 1 aliphatic rings. The molecule has 7 nitrogen and oxygen atoms in total. The van der Waals surface area contributed by atoms with Crippen molar-refractivity contribution in [1.29, 1.82) is 0 Å². The summed E-state index contributed by atoms with van der Waals surface area (Å²) in [6.45, 7) is 3.23. The van der Waals surface area contributed by atoms with Gasteiger partial charge in [0, 0.05) is 37.9 Å². The molecule has 4 rings (SSSR count). The molecule has 1 unspecified atom stereocenters. The van der Waals surface area contributed by atoms with Crippen molar-refractivity contribution in [3.05, 3.63) is 71.6 Å². The number of nitrogens with one attached hydrogen (secondary N) is 1. The van der Waals surface area contributed by atoms with Crippen LogP contribution < -0.4 is 5.32 Å². The number of benzene rings is 2. The summed E-state index contributed by atoms with van der Waals surface area (Å²) in [5.74, 6) is 0.905. The van der Waals surface area contributed by atoms with Crippen LogP contribution in [0.1, 0.15) is 42.3 Å². The van der Waals surface area contributed by atoms with Crippen molar-refractivity contribution in [3.63, 3.8) is 0 Å². The van der Waals surface area contributed by atoms with Crippen LogP contribution in [-0.4, -0.2) is 40.0 Å². The largest absolute Gasteiger partial charge is 0.421 e. The zero-order chi connectivity index (χ0) is 21.6. The zero-order valence-corrected chi connectivity index (χ0v) is 17.6. The molecule has 0 aliphatic carbocycles. The Morgan fingerprint density at radius 2 is 1.90 bits per heavy atom. The van der Waals surface area contributed by atoms with Gasteiger partial charge >= 0.3 is 0 Å². The van der Waals surface area contributed by atoms with E-state index < -0.39 is 0 Å². The monoisotopic (exact) mass is 418 g/mol. The Morgan fingerprint density at radius 3 is 2.61 bits per heavy atom. The average molecular weight is 418 g/mol. The van der Waals surface area contributed by atoms with Gasteiger partial charge in [0.15, 0.2) is 0 Å². The highest BCUT2D eigenvalue weighted by Crippen LogP contribution is 2.20. The second kappa shape index (κ2) is 9.55. The quantitative estimate of drug-likeness (QED) is 0.605. The number of carbonyl (C=O) groups excluding carboxylic acids is 2. The lowest BCUT2D eigenvalue weighted by Crippen LogP contribution is -2.38. The fraction of sp³-hybridized carbons (Fsp3) is 0.333. The summed E-state index contributed by atoms with van der Waals surface area (Å²) in [5, 5.41) is 11.2. The normalized spacial score (nSPS) is 14.6. The summed E-state index contributed by atoms with van der Waals surface area (Å²) in [6.07, 6.45) is 2.03. The Balaban J connectivity index is 1.36. The standard InChI is InChI=1S/C24H26N4O3/c1-17-9-11-19(12-10-17)24-27-26-22(31-24)14-13-21(29)25-20(18-6-3-2-4-7-18)16-28-15-5-8-23(28)30/h2-4,6-7,9-12,20H,5,8,13-16H2,1H3,(H,25,29). The SMILES string of the molecule is Cc1ccc(-c2nnc(CCC(=O)NC(CN3CCCC3=O)c3ccccc3)o2)cc1. The Morgan fingerprint density at radius 1 is 1.13 bits per heavy atom. The van der Waals surface area contributed by atoms with Crippen LogP contribution in [0.4, 0.5) is 0 Å². The number of amides is 2. The van der Waals surface area contributed by atoms with Gasteiger partial charge in [0.2, 0.25) is 23.6 Å². The zero-order valence-electron chi connectivity index (χ0n) is 17.6. The first-order valence-corrected chi connectivity index (χ1v) is 10.6. The van der Waals surface area contributed by atoms with Crippen LogP contribution in [0.5, 0.6) is 0 Å². The van der Waals surface area contributed by atoms with Gasteiger partial charge in [-0.3, -0.25) is 9.59 Å². The maximum Gasteiger partial charge on any atom is 0.247 e. The first-order chi connectivity index (χ1) is 15.1. The van der Waals surface area contributed by atoms with Gasteiger partial charge in [-0.1, -0.05) is 48.0 Å².